The standard InChI is InChI=1S/C16H8O4/c17-15(18)11-5-7-1-3-9(11)13(7)14-8-2-4-10(14)12(6-8)16(19)20/h1-6H,(H,17,18)(H,19,20)/b14-13+. The maximum Gasteiger partial charge on any atom is 0.336 e. The molecule has 0 saturated heterocycles. The molecule has 0 saturated carbocycles. The largest absolute Gasteiger partial charge is 0.478 e. The Labute approximate surface area is 113 Å². The quantitative estimate of drug-likeness (QED) is 0.800. The predicted molar refractivity (Wildman–Crippen MR) is 70.8 cm³/mol. The number of hydrogen-bond donors (Lipinski definition) is 2. The zero-order valence-electron chi connectivity index (χ0n) is 10.2. The van der Waals surface area contributed by atoms with Crippen LogP contribution >= 0.6 is 0 Å². The van der Waals surface area contributed by atoms with E-state index in [0.717, 1.165) is 22.3 Å². The predicted octanol–water partition coefficient (Wildman–Crippen LogP) is 2.07. The van der Waals surface area contributed by atoms with Crippen LogP contribution in [0, 0.1) is 0 Å². The van der Waals surface area contributed by atoms with Gasteiger partial charge in [-0.25, -0.2) is 9.59 Å². The third-order valence-electron chi connectivity index (χ3n) is 3.87. The van der Waals surface area contributed by atoms with Crippen molar-refractivity contribution in [1.82, 2.24) is 0 Å². The first-order valence-corrected chi connectivity index (χ1v) is 6.08. The summed E-state index contributed by atoms with van der Waals surface area (Å²) in [7, 11) is 0. The van der Waals surface area contributed by atoms with Crippen LogP contribution in [0.2, 0.25) is 0 Å². The summed E-state index contributed by atoms with van der Waals surface area (Å²) < 4.78 is 0. The van der Waals surface area contributed by atoms with Crippen molar-refractivity contribution in [3.8, 4) is 0 Å². The molecule has 20 heavy (non-hydrogen) atoms. The number of hydrogen-bond acceptors (Lipinski definition) is 2. The van der Waals surface area contributed by atoms with Crippen LogP contribution in [-0.2, 0) is 9.59 Å². The zero-order chi connectivity index (χ0) is 14.0. The fourth-order valence-corrected chi connectivity index (χ4v) is 3.06. The number of carbonyl (C=O) groups is 2. The van der Waals surface area contributed by atoms with E-state index in [1.165, 1.54) is 0 Å². The van der Waals surface area contributed by atoms with E-state index in [9.17, 15) is 19.8 Å². The van der Waals surface area contributed by atoms with Gasteiger partial charge >= 0.3 is 11.9 Å². The minimum absolute atomic E-state index is 0.273. The molecule has 0 fully saturated rings. The van der Waals surface area contributed by atoms with Crippen molar-refractivity contribution >= 4 is 11.9 Å². The first-order valence-electron chi connectivity index (χ1n) is 6.08. The van der Waals surface area contributed by atoms with Crippen LogP contribution in [0.1, 0.15) is 0 Å². The van der Waals surface area contributed by atoms with Gasteiger partial charge < -0.3 is 10.2 Å². The van der Waals surface area contributed by atoms with Crippen LogP contribution in [0.3, 0.4) is 0 Å². The summed E-state index contributed by atoms with van der Waals surface area (Å²) in [6.07, 6.45) is 10.6. The maximum absolute atomic E-state index is 11.2. The molecule has 2 N–H and O–H groups in total. The van der Waals surface area contributed by atoms with Crippen LogP contribution in [0.15, 0.2) is 81.0 Å². The van der Waals surface area contributed by atoms with Gasteiger partial charge in [-0.3, -0.25) is 0 Å². The Balaban J connectivity index is 1.98. The third-order valence-corrected chi connectivity index (χ3v) is 3.87. The molecule has 0 spiro atoms. The van der Waals surface area contributed by atoms with E-state index in [1.807, 2.05) is 12.2 Å². The highest BCUT2D eigenvalue weighted by Gasteiger charge is 2.36. The molecule has 0 unspecified atom stereocenters. The van der Waals surface area contributed by atoms with Crippen molar-refractivity contribution in [3.63, 3.8) is 0 Å². The molecule has 0 amide bonds. The number of rotatable bonds is 2. The van der Waals surface area contributed by atoms with Crippen LogP contribution < -0.4 is 0 Å². The Kier molecular flexibility index (Phi) is 1.85. The lowest BCUT2D eigenvalue weighted by atomic mass is 9.96. The summed E-state index contributed by atoms with van der Waals surface area (Å²) in [4.78, 5) is 22.4. The Bertz CT molecular complexity index is 766. The fourth-order valence-electron chi connectivity index (χ4n) is 3.06. The van der Waals surface area contributed by atoms with Crippen molar-refractivity contribution in [2.75, 3.05) is 0 Å². The van der Waals surface area contributed by atoms with E-state index in [2.05, 4.69) is 0 Å². The van der Waals surface area contributed by atoms with Crippen molar-refractivity contribution in [2.45, 2.75) is 0 Å². The molecular formula is C16H8O4. The first kappa shape index (κ1) is 11.0. The topological polar surface area (TPSA) is 74.6 Å². The number of aliphatic carboxylic acids is 2. The third kappa shape index (κ3) is 1.15. The molecule has 4 rings (SSSR count). The molecule has 4 aliphatic carbocycles. The molecule has 4 heteroatoms. The molecule has 0 radical (unpaired) electrons. The monoisotopic (exact) mass is 264 g/mol. The van der Waals surface area contributed by atoms with Gasteiger partial charge in [0.15, 0.2) is 0 Å². The molecule has 4 bridgehead atoms. The highest BCUT2D eigenvalue weighted by Crippen LogP contribution is 2.49. The zero-order valence-corrected chi connectivity index (χ0v) is 10.2. The first-order chi connectivity index (χ1) is 9.58. The number of carboxylic acid groups (broad SMARTS) is 2. The minimum atomic E-state index is -0.961. The number of carboxylic acids is 2. The highest BCUT2D eigenvalue weighted by molar-refractivity contribution is 6.02. The average molecular weight is 264 g/mol. The maximum atomic E-state index is 11.2. The summed E-state index contributed by atoms with van der Waals surface area (Å²) in [5, 5.41) is 18.4. The molecule has 0 aromatic rings. The van der Waals surface area contributed by atoms with Gasteiger partial charge in [-0.1, -0.05) is 24.3 Å². The van der Waals surface area contributed by atoms with Gasteiger partial charge in [-0.05, 0) is 45.6 Å². The second kappa shape index (κ2) is 3.36. The van der Waals surface area contributed by atoms with Gasteiger partial charge in [0.2, 0.25) is 0 Å². The average Bonchev–Trinajstić information content (AvgIpc) is 3.13. The fraction of sp³-hybridized carbons (Fsp3) is 0. The lowest BCUT2D eigenvalue weighted by Gasteiger charge is -2.06. The lowest BCUT2D eigenvalue weighted by molar-refractivity contribution is -0.133. The normalized spacial score (nSPS) is 25.0. The summed E-state index contributed by atoms with van der Waals surface area (Å²) >= 11 is 0. The Morgan fingerprint density at radius 2 is 1.10 bits per heavy atom. The summed E-state index contributed by atoms with van der Waals surface area (Å²) in [6, 6.07) is 0. The van der Waals surface area contributed by atoms with E-state index in [4.69, 9.17) is 0 Å². The molecule has 0 heterocycles. The summed E-state index contributed by atoms with van der Waals surface area (Å²) in [6.45, 7) is 0. The molecular weight excluding hydrogens is 256 g/mol. The molecule has 0 aliphatic heterocycles. The van der Waals surface area contributed by atoms with Crippen molar-refractivity contribution in [3.05, 3.63) is 81.0 Å². The van der Waals surface area contributed by atoms with Crippen LogP contribution in [-0.4, -0.2) is 22.2 Å². The number of fused-ring (bicyclic) bond motifs is 4. The Morgan fingerprint density at radius 3 is 1.40 bits per heavy atom. The smallest absolute Gasteiger partial charge is 0.336 e. The van der Waals surface area contributed by atoms with Gasteiger partial charge in [-0.2, -0.15) is 0 Å². The van der Waals surface area contributed by atoms with Crippen LogP contribution in [0.5, 0.6) is 0 Å². The molecule has 4 aliphatic rings. The van der Waals surface area contributed by atoms with Gasteiger partial charge in [0.05, 0.1) is 11.1 Å². The summed E-state index contributed by atoms with van der Waals surface area (Å²) in [5.74, 6) is -1.92. The van der Waals surface area contributed by atoms with Gasteiger partial charge in [0.25, 0.3) is 0 Å². The van der Waals surface area contributed by atoms with E-state index in [0.29, 0.717) is 11.1 Å². The Hall–Kier alpha value is -2.88. The summed E-state index contributed by atoms with van der Waals surface area (Å²) in [5.41, 5.74) is 5.23. The molecule has 0 atom stereocenters. The van der Waals surface area contributed by atoms with E-state index < -0.39 is 11.9 Å². The minimum Gasteiger partial charge on any atom is -0.478 e. The van der Waals surface area contributed by atoms with E-state index >= 15 is 0 Å². The van der Waals surface area contributed by atoms with Gasteiger partial charge in [-0.15, -0.1) is 0 Å². The molecule has 4 nitrogen and oxygen atoms in total. The second-order valence-electron chi connectivity index (χ2n) is 4.88. The van der Waals surface area contributed by atoms with Crippen molar-refractivity contribution in [2.24, 2.45) is 0 Å². The molecule has 96 valence electrons. The lowest BCUT2D eigenvalue weighted by Crippen LogP contribution is -2.00. The van der Waals surface area contributed by atoms with E-state index in [-0.39, 0.29) is 11.1 Å². The number of allylic oxidation sites excluding steroid dienone is 10. The van der Waals surface area contributed by atoms with Gasteiger partial charge in [0.1, 0.15) is 0 Å². The van der Waals surface area contributed by atoms with E-state index in [1.54, 1.807) is 24.3 Å². The second-order valence-corrected chi connectivity index (χ2v) is 4.88. The molecule has 0 aromatic heterocycles. The Morgan fingerprint density at radius 1 is 0.700 bits per heavy atom. The molecule has 0 aromatic carbocycles. The van der Waals surface area contributed by atoms with Crippen LogP contribution in [0.25, 0.3) is 0 Å². The van der Waals surface area contributed by atoms with Crippen molar-refractivity contribution in [1.29, 1.82) is 0 Å². The van der Waals surface area contributed by atoms with Crippen molar-refractivity contribution < 1.29 is 19.8 Å². The van der Waals surface area contributed by atoms with Crippen LogP contribution in [0.4, 0.5) is 0 Å². The van der Waals surface area contributed by atoms with Gasteiger partial charge in [0, 0.05) is 0 Å². The highest BCUT2D eigenvalue weighted by atomic mass is 16.4. The SMILES string of the molecule is O=C(O)C1=C2C=CC(=C1)/C2=C1/C2=CC(C(=O)O)=C1C=C2.